The lowest BCUT2D eigenvalue weighted by atomic mass is 9.97. The Morgan fingerprint density at radius 3 is 2.38 bits per heavy atom. The van der Waals surface area contributed by atoms with Gasteiger partial charge in [0.1, 0.15) is 5.82 Å². The molecule has 0 spiro atoms. The minimum Gasteiger partial charge on any atom is -0.322 e. The van der Waals surface area contributed by atoms with E-state index < -0.39 is 0 Å². The molecular weight excluding hydrogens is 520 g/mol. The second-order valence-electron chi connectivity index (χ2n) is 10.8. The lowest BCUT2D eigenvalue weighted by molar-refractivity contribution is -0.117. The van der Waals surface area contributed by atoms with Crippen molar-refractivity contribution in [2.24, 2.45) is 0 Å². The number of rotatable bonds is 7. The summed E-state index contributed by atoms with van der Waals surface area (Å²) in [5.41, 5.74) is 9.41. The Balaban J connectivity index is 1.16. The number of fused-ring (bicyclic) bond motifs is 1. The number of benzene rings is 3. The topological polar surface area (TPSA) is 67.2 Å². The number of carbonyl (C=O) groups excluding carboxylic acids is 2. The molecule has 3 aromatic carbocycles. The fraction of sp³-hybridized carbons (Fsp3) is 0.194. The van der Waals surface area contributed by atoms with Crippen molar-refractivity contribution in [3.63, 3.8) is 0 Å². The van der Waals surface area contributed by atoms with Crippen molar-refractivity contribution < 1.29 is 9.59 Å². The summed E-state index contributed by atoms with van der Waals surface area (Å²) in [7, 11) is 0. The third kappa shape index (κ3) is 5.36. The zero-order chi connectivity index (χ0) is 29.2. The second-order valence-corrected chi connectivity index (χ2v) is 10.8. The van der Waals surface area contributed by atoms with E-state index in [1.54, 1.807) is 0 Å². The molecule has 1 aliphatic rings. The zero-order valence-electron chi connectivity index (χ0n) is 24.2. The molecule has 210 valence electrons. The van der Waals surface area contributed by atoms with E-state index >= 15 is 0 Å². The van der Waals surface area contributed by atoms with Gasteiger partial charge in [-0.05, 0) is 97.5 Å². The molecule has 2 aromatic heterocycles. The molecule has 1 aliphatic heterocycles. The number of aromatic nitrogens is 2. The average Bonchev–Trinajstić information content (AvgIpc) is 3.59. The molecule has 5 aromatic rings. The van der Waals surface area contributed by atoms with Gasteiger partial charge in [0.2, 0.25) is 5.91 Å². The maximum absolute atomic E-state index is 13.4. The van der Waals surface area contributed by atoms with Crippen LogP contribution in [-0.4, -0.2) is 27.9 Å². The molecule has 6 rings (SSSR count). The molecule has 3 heterocycles. The highest BCUT2D eigenvalue weighted by Crippen LogP contribution is 2.32. The van der Waals surface area contributed by atoms with Gasteiger partial charge in [-0.15, -0.1) is 0 Å². The molecule has 0 unspecified atom stereocenters. The van der Waals surface area contributed by atoms with Crippen LogP contribution in [0, 0.1) is 13.8 Å². The monoisotopic (exact) mass is 554 g/mol. The second kappa shape index (κ2) is 11.5. The fourth-order valence-electron chi connectivity index (χ4n) is 5.76. The van der Waals surface area contributed by atoms with Crippen LogP contribution in [-0.2, 0) is 24.1 Å². The van der Waals surface area contributed by atoms with Gasteiger partial charge in [-0.3, -0.25) is 9.59 Å². The van der Waals surface area contributed by atoms with Crippen LogP contribution >= 0.6 is 0 Å². The van der Waals surface area contributed by atoms with E-state index in [4.69, 9.17) is 4.98 Å². The van der Waals surface area contributed by atoms with Gasteiger partial charge >= 0.3 is 0 Å². The lowest BCUT2D eigenvalue weighted by Gasteiger charge is -2.18. The van der Waals surface area contributed by atoms with E-state index in [2.05, 4.69) is 53.2 Å². The van der Waals surface area contributed by atoms with Gasteiger partial charge in [0.15, 0.2) is 0 Å². The Morgan fingerprint density at radius 2 is 1.62 bits per heavy atom. The smallest absolute Gasteiger partial charge is 0.256 e. The molecule has 0 atom stereocenters. The van der Waals surface area contributed by atoms with Gasteiger partial charge in [0.25, 0.3) is 5.91 Å². The van der Waals surface area contributed by atoms with Crippen LogP contribution in [0.2, 0.25) is 0 Å². The van der Waals surface area contributed by atoms with E-state index in [1.807, 2.05) is 79.4 Å². The molecule has 0 saturated heterocycles. The molecule has 0 fully saturated rings. The predicted octanol–water partition coefficient (Wildman–Crippen LogP) is 7.10. The Kier molecular flexibility index (Phi) is 7.44. The standard InChI is InChI=1S/C36H34N4O2/c1-4-26-14-16-27(17-15-26)31-9-5-6-10-32(31)36(42)38-30-18-19-33-28(22-30)20-21-39(33)35(41)23-29-8-7-11-34(37-29)40-24(2)12-13-25(40)3/h5-19,22H,4,20-21,23H2,1-3H3,(H,38,42). The highest BCUT2D eigenvalue weighted by Gasteiger charge is 2.26. The van der Waals surface area contributed by atoms with Gasteiger partial charge in [0, 0.05) is 34.9 Å². The van der Waals surface area contributed by atoms with Gasteiger partial charge in [0.05, 0.1) is 12.1 Å². The third-order valence-corrected chi connectivity index (χ3v) is 8.00. The van der Waals surface area contributed by atoms with Crippen molar-refractivity contribution in [1.29, 1.82) is 0 Å². The summed E-state index contributed by atoms with van der Waals surface area (Å²) in [6, 6.07) is 31.8. The first kappa shape index (κ1) is 27.2. The summed E-state index contributed by atoms with van der Waals surface area (Å²) < 4.78 is 2.09. The lowest BCUT2D eigenvalue weighted by Crippen LogP contribution is -2.30. The van der Waals surface area contributed by atoms with Crippen molar-refractivity contribution in [2.75, 3.05) is 16.8 Å². The normalized spacial score (nSPS) is 12.3. The molecular formula is C36H34N4O2. The van der Waals surface area contributed by atoms with Crippen LogP contribution in [0.25, 0.3) is 16.9 Å². The van der Waals surface area contributed by atoms with E-state index in [1.165, 1.54) is 5.56 Å². The van der Waals surface area contributed by atoms with Gasteiger partial charge in [-0.2, -0.15) is 0 Å². The Hall–Kier alpha value is -4.97. The molecule has 1 N–H and O–H groups in total. The van der Waals surface area contributed by atoms with Crippen LogP contribution in [0.4, 0.5) is 11.4 Å². The SMILES string of the molecule is CCc1ccc(-c2ccccc2C(=O)Nc2ccc3c(c2)CCN3C(=O)Cc2cccc(-n3c(C)ccc3C)n2)cc1. The number of aryl methyl sites for hydroxylation is 3. The summed E-state index contributed by atoms with van der Waals surface area (Å²) in [6.45, 7) is 6.84. The number of pyridine rings is 1. The quantitative estimate of drug-likeness (QED) is 0.233. The molecule has 42 heavy (non-hydrogen) atoms. The zero-order valence-corrected chi connectivity index (χ0v) is 24.2. The number of hydrogen-bond donors (Lipinski definition) is 1. The summed E-state index contributed by atoms with van der Waals surface area (Å²) in [5.74, 6) is 0.677. The summed E-state index contributed by atoms with van der Waals surface area (Å²) in [5, 5.41) is 3.08. The van der Waals surface area contributed by atoms with Gasteiger partial charge < -0.3 is 14.8 Å². The maximum Gasteiger partial charge on any atom is 0.256 e. The average molecular weight is 555 g/mol. The Morgan fingerprint density at radius 1 is 0.857 bits per heavy atom. The maximum atomic E-state index is 13.4. The minimum absolute atomic E-state index is 0.0131. The molecule has 0 bridgehead atoms. The number of amides is 2. The van der Waals surface area contributed by atoms with E-state index in [9.17, 15) is 9.59 Å². The third-order valence-electron chi connectivity index (χ3n) is 8.00. The number of nitrogens with zero attached hydrogens (tertiary/aromatic N) is 3. The predicted molar refractivity (Wildman–Crippen MR) is 168 cm³/mol. The number of hydrogen-bond acceptors (Lipinski definition) is 3. The van der Waals surface area contributed by atoms with Crippen molar-refractivity contribution >= 4 is 23.2 Å². The van der Waals surface area contributed by atoms with Crippen LogP contribution in [0.3, 0.4) is 0 Å². The van der Waals surface area contributed by atoms with Gasteiger partial charge in [-0.1, -0.05) is 55.5 Å². The molecule has 2 amide bonds. The molecule has 6 heteroatoms. The first-order valence-corrected chi connectivity index (χ1v) is 14.5. The number of anilines is 2. The van der Waals surface area contributed by atoms with Gasteiger partial charge in [-0.25, -0.2) is 4.98 Å². The van der Waals surface area contributed by atoms with Crippen molar-refractivity contribution in [3.8, 4) is 16.9 Å². The molecule has 0 aliphatic carbocycles. The highest BCUT2D eigenvalue weighted by atomic mass is 16.2. The Labute approximate surface area is 246 Å². The van der Waals surface area contributed by atoms with Crippen LogP contribution in [0.15, 0.2) is 97.1 Å². The van der Waals surface area contributed by atoms with Crippen molar-refractivity contribution in [1.82, 2.24) is 9.55 Å². The summed E-state index contributed by atoms with van der Waals surface area (Å²) >= 11 is 0. The largest absolute Gasteiger partial charge is 0.322 e. The minimum atomic E-state index is -0.157. The van der Waals surface area contributed by atoms with Crippen molar-refractivity contribution in [2.45, 2.75) is 40.0 Å². The molecule has 0 saturated carbocycles. The Bertz CT molecular complexity index is 1770. The fourth-order valence-corrected chi connectivity index (χ4v) is 5.76. The first-order chi connectivity index (χ1) is 20.4. The molecule has 0 radical (unpaired) electrons. The first-order valence-electron chi connectivity index (χ1n) is 14.5. The highest BCUT2D eigenvalue weighted by molar-refractivity contribution is 6.09. The van der Waals surface area contributed by atoms with E-state index in [0.717, 1.165) is 63.8 Å². The van der Waals surface area contributed by atoms with Crippen molar-refractivity contribution in [3.05, 3.63) is 131 Å². The van der Waals surface area contributed by atoms with E-state index in [0.29, 0.717) is 12.1 Å². The van der Waals surface area contributed by atoms with E-state index in [-0.39, 0.29) is 18.2 Å². The number of carbonyl (C=O) groups is 2. The van der Waals surface area contributed by atoms with Crippen LogP contribution < -0.4 is 10.2 Å². The molecule has 6 nitrogen and oxygen atoms in total. The number of nitrogens with one attached hydrogen (secondary N) is 1. The summed E-state index contributed by atoms with van der Waals surface area (Å²) in [6.07, 6.45) is 1.93. The summed E-state index contributed by atoms with van der Waals surface area (Å²) in [4.78, 5) is 33.4. The van der Waals surface area contributed by atoms with Crippen LogP contribution in [0.5, 0.6) is 0 Å². The van der Waals surface area contributed by atoms with Crippen LogP contribution in [0.1, 0.15) is 45.5 Å².